The molecule has 1 aromatic heterocycles. The number of rotatable bonds is 4. The summed E-state index contributed by atoms with van der Waals surface area (Å²) in [6, 6.07) is 10.5. The largest absolute Gasteiger partial charge is 0.371 e. The third kappa shape index (κ3) is 3.22. The van der Waals surface area contributed by atoms with Gasteiger partial charge in [0.15, 0.2) is 0 Å². The van der Waals surface area contributed by atoms with Crippen molar-refractivity contribution in [2.24, 2.45) is 0 Å². The highest BCUT2D eigenvalue weighted by Crippen LogP contribution is 2.21. The number of benzene rings is 1. The number of nitrogens with zero attached hydrogens (tertiary/aromatic N) is 2. The Balaban J connectivity index is 1.56. The molecule has 0 amide bonds. The molecule has 1 saturated heterocycles. The second kappa shape index (κ2) is 5.99. The molecule has 1 aliphatic rings. The first-order valence-corrected chi connectivity index (χ1v) is 6.78. The third-order valence-corrected chi connectivity index (χ3v) is 3.59. The minimum absolute atomic E-state index is 0.208. The van der Waals surface area contributed by atoms with Gasteiger partial charge in [0.1, 0.15) is 0 Å². The monoisotopic (exact) mass is 257 g/mol. The van der Waals surface area contributed by atoms with Gasteiger partial charge < -0.3 is 4.74 Å². The zero-order valence-electron chi connectivity index (χ0n) is 11.0. The van der Waals surface area contributed by atoms with Gasteiger partial charge in [0.2, 0.25) is 0 Å². The number of H-pyrrole nitrogens is 1. The van der Waals surface area contributed by atoms with Crippen LogP contribution in [0.1, 0.15) is 17.2 Å². The lowest BCUT2D eigenvalue weighted by molar-refractivity contribution is -0.0295. The quantitative estimate of drug-likeness (QED) is 0.911. The van der Waals surface area contributed by atoms with Crippen LogP contribution >= 0.6 is 0 Å². The van der Waals surface area contributed by atoms with E-state index in [1.54, 1.807) is 0 Å². The van der Waals surface area contributed by atoms with Crippen molar-refractivity contribution in [2.75, 3.05) is 26.2 Å². The number of hydrogen-bond donors (Lipinski definition) is 1. The molecule has 3 rings (SSSR count). The Kier molecular flexibility index (Phi) is 3.91. The molecule has 0 bridgehead atoms. The highest BCUT2D eigenvalue weighted by Gasteiger charge is 2.21. The molecule has 1 atom stereocenters. The van der Waals surface area contributed by atoms with Crippen molar-refractivity contribution in [1.29, 1.82) is 0 Å². The molecule has 1 fully saturated rings. The summed E-state index contributed by atoms with van der Waals surface area (Å²) in [5, 5.41) is 6.84. The molecular weight excluding hydrogens is 238 g/mol. The highest BCUT2D eigenvalue weighted by molar-refractivity contribution is 5.18. The van der Waals surface area contributed by atoms with Crippen LogP contribution < -0.4 is 0 Å². The number of aromatic amines is 1. The molecule has 0 radical (unpaired) electrons. The molecular formula is C15H19N3O. The predicted octanol–water partition coefficient (Wildman–Crippen LogP) is 2.03. The molecule has 19 heavy (non-hydrogen) atoms. The SMILES string of the molecule is c1ccc([C@@H]2CN(CCc3cn[nH]c3)CCO2)cc1. The molecule has 0 unspecified atom stereocenters. The molecule has 0 spiro atoms. The van der Waals surface area contributed by atoms with E-state index in [4.69, 9.17) is 4.74 Å². The molecule has 100 valence electrons. The summed E-state index contributed by atoms with van der Waals surface area (Å²) in [4.78, 5) is 2.47. The lowest BCUT2D eigenvalue weighted by Gasteiger charge is -2.33. The van der Waals surface area contributed by atoms with E-state index in [2.05, 4.69) is 39.4 Å². The predicted molar refractivity (Wildman–Crippen MR) is 73.9 cm³/mol. The Morgan fingerprint density at radius 1 is 1.32 bits per heavy atom. The fraction of sp³-hybridized carbons (Fsp3) is 0.400. The molecule has 4 nitrogen and oxygen atoms in total. The van der Waals surface area contributed by atoms with Crippen LogP contribution in [0.15, 0.2) is 42.7 Å². The van der Waals surface area contributed by atoms with Gasteiger partial charge in [0.05, 0.1) is 18.9 Å². The number of aromatic nitrogens is 2. The molecule has 1 aromatic carbocycles. The zero-order valence-corrected chi connectivity index (χ0v) is 11.0. The molecule has 4 heteroatoms. The number of nitrogens with one attached hydrogen (secondary N) is 1. The maximum Gasteiger partial charge on any atom is 0.0952 e. The second-order valence-corrected chi connectivity index (χ2v) is 4.93. The third-order valence-electron chi connectivity index (χ3n) is 3.59. The number of hydrogen-bond acceptors (Lipinski definition) is 3. The van der Waals surface area contributed by atoms with E-state index in [1.807, 2.05) is 18.5 Å². The fourth-order valence-corrected chi connectivity index (χ4v) is 2.48. The van der Waals surface area contributed by atoms with Crippen molar-refractivity contribution in [3.05, 3.63) is 53.9 Å². The molecule has 1 aliphatic heterocycles. The normalized spacial score (nSPS) is 20.5. The zero-order chi connectivity index (χ0) is 12.9. The first kappa shape index (κ1) is 12.4. The van der Waals surface area contributed by atoms with E-state index in [1.165, 1.54) is 11.1 Å². The molecule has 2 heterocycles. The lowest BCUT2D eigenvalue weighted by Crippen LogP contribution is -2.39. The van der Waals surface area contributed by atoms with Gasteiger partial charge >= 0.3 is 0 Å². The van der Waals surface area contributed by atoms with Crippen LogP contribution in [0.5, 0.6) is 0 Å². The lowest BCUT2D eigenvalue weighted by atomic mass is 10.1. The van der Waals surface area contributed by atoms with Crippen LogP contribution in [0.3, 0.4) is 0 Å². The van der Waals surface area contributed by atoms with Gasteiger partial charge in [-0.1, -0.05) is 30.3 Å². The van der Waals surface area contributed by atoms with Crippen molar-refractivity contribution < 1.29 is 4.74 Å². The minimum atomic E-state index is 0.208. The Labute approximate surface area is 113 Å². The first-order chi connectivity index (χ1) is 9.42. The summed E-state index contributed by atoms with van der Waals surface area (Å²) in [5.41, 5.74) is 2.54. The van der Waals surface area contributed by atoms with E-state index < -0.39 is 0 Å². The maximum atomic E-state index is 5.87. The molecule has 0 aliphatic carbocycles. The Hall–Kier alpha value is -1.65. The highest BCUT2D eigenvalue weighted by atomic mass is 16.5. The molecule has 0 saturated carbocycles. The smallest absolute Gasteiger partial charge is 0.0952 e. The van der Waals surface area contributed by atoms with Gasteiger partial charge in [-0.3, -0.25) is 10.00 Å². The van der Waals surface area contributed by atoms with Gasteiger partial charge in [-0.25, -0.2) is 0 Å². The van der Waals surface area contributed by atoms with Crippen molar-refractivity contribution >= 4 is 0 Å². The van der Waals surface area contributed by atoms with Crippen LogP contribution in [-0.2, 0) is 11.2 Å². The summed E-state index contributed by atoms with van der Waals surface area (Å²) in [6.07, 6.45) is 5.11. The fourth-order valence-electron chi connectivity index (χ4n) is 2.48. The Morgan fingerprint density at radius 3 is 3.00 bits per heavy atom. The van der Waals surface area contributed by atoms with Gasteiger partial charge in [-0.05, 0) is 17.5 Å². The maximum absolute atomic E-state index is 5.87. The average molecular weight is 257 g/mol. The molecule has 1 N–H and O–H groups in total. The molecule has 2 aromatic rings. The topological polar surface area (TPSA) is 41.2 Å². The van der Waals surface area contributed by atoms with Crippen molar-refractivity contribution in [1.82, 2.24) is 15.1 Å². The van der Waals surface area contributed by atoms with Crippen LogP contribution in [0.25, 0.3) is 0 Å². The van der Waals surface area contributed by atoms with Gasteiger partial charge in [-0.15, -0.1) is 0 Å². The van der Waals surface area contributed by atoms with Crippen LogP contribution in [0.2, 0.25) is 0 Å². The van der Waals surface area contributed by atoms with Gasteiger partial charge in [0, 0.05) is 25.8 Å². The standard InChI is InChI=1S/C15H19N3O/c1-2-4-14(5-3-1)15-12-18(8-9-19-15)7-6-13-10-16-17-11-13/h1-5,10-11,15H,6-9,12H2,(H,16,17)/t15-/m0/s1. The van der Waals surface area contributed by atoms with E-state index in [-0.39, 0.29) is 6.10 Å². The summed E-state index contributed by atoms with van der Waals surface area (Å²) >= 11 is 0. The van der Waals surface area contributed by atoms with Crippen LogP contribution in [0, 0.1) is 0 Å². The number of ether oxygens (including phenoxy) is 1. The van der Waals surface area contributed by atoms with Crippen LogP contribution in [0.4, 0.5) is 0 Å². The Bertz CT molecular complexity index is 483. The second-order valence-electron chi connectivity index (χ2n) is 4.93. The van der Waals surface area contributed by atoms with E-state index in [0.717, 1.165) is 32.7 Å². The Morgan fingerprint density at radius 2 is 2.21 bits per heavy atom. The van der Waals surface area contributed by atoms with Gasteiger partial charge in [-0.2, -0.15) is 5.10 Å². The number of morpholine rings is 1. The van der Waals surface area contributed by atoms with Crippen LogP contribution in [-0.4, -0.2) is 41.3 Å². The van der Waals surface area contributed by atoms with Crippen molar-refractivity contribution in [3.8, 4) is 0 Å². The van der Waals surface area contributed by atoms with Crippen molar-refractivity contribution in [2.45, 2.75) is 12.5 Å². The summed E-state index contributed by atoms with van der Waals surface area (Å²) in [5.74, 6) is 0. The minimum Gasteiger partial charge on any atom is -0.371 e. The van der Waals surface area contributed by atoms with Crippen molar-refractivity contribution in [3.63, 3.8) is 0 Å². The first-order valence-electron chi connectivity index (χ1n) is 6.78. The summed E-state index contributed by atoms with van der Waals surface area (Å²) in [6.45, 7) is 3.86. The van der Waals surface area contributed by atoms with E-state index >= 15 is 0 Å². The average Bonchev–Trinajstić information content (AvgIpc) is 3.00. The summed E-state index contributed by atoms with van der Waals surface area (Å²) < 4.78 is 5.87. The summed E-state index contributed by atoms with van der Waals surface area (Å²) in [7, 11) is 0. The van der Waals surface area contributed by atoms with E-state index in [9.17, 15) is 0 Å². The van der Waals surface area contributed by atoms with Gasteiger partial charge in [0.25, 0.3) is 0 Å². The van der Waals surface area contributed by atoms with E-state index in [0.29, 0.717) is 0 Å².